The Kier molecular flexibility index (Phi) is 7.85. The van der Waals surface area contributed by atoms with E-state index in [2.05, 4.69) is 11.7 Å². The second kappa shape index (κ2) is 10.7. The Labute approximate surface area is 208 Å². The molecule has 4 rings (SSSR count). The van der Waals surface area contributed by atoms with E-state index >= 15 is 0 Å². The zero-order valence-electron chi connectivity index (χ0n) is 19.8. The van der Waals surface area contributed by atoms with Crippen LogP contribution in [-0.4, -0.2) is 12.1 Å². The molecule has 0 radical (unpaired) electrons. The Morgan fingerprint density at radius 2 is 1.31 bits per heavy atom. The summed E-state index contributed by atoms with van der Waals surface area (Å²) in [5.41, 5.74) is -1.17. The minimum atomic E-state index is -3.64. The highest BCUT2D eigenvalue weighted by atomic mass is 19.3. The van der Waals surface area contributed by atoms with Crippen LogP contribution in [0.15, 0.2) is 30.3 Å². The maximum atomic E-state index is 14.9. The predicted molar refractivity (Wildman–Crippen MR) is 124 cm³/mol. The van der Waals surface area contributed by atoms with Crippen molar-refractivity contribution in [3.63, 3.8) is 0 Å². The van der Waals surface area contributed by atoms with Crippen molar-refractivity contribution in [3.05, 3.63) is 59.2 Å². The van der Waals surface area contributed by atoms with Crippen LogP contribution in [0, 0.1) is 46.9 Å². The normalized spacial score (nSPS) is 24.9. The lowest BCUT2D eigenvalue weighted by molar-refractivity contribution is -0.224. The van der Waals surface area contributed by atoms with Gasteiger partial charge in [0, 0.05) is 21.1 Å². The molecule has 0 aliphatic heterocycles. The molecule has 0 amide bonds. The Balaban J connectivity index is 0.00000253. The van der Waals surface area contributed by atoms with Crippen LogP contribution in [0.5, 0.6) is 11.5 Å². The summed E-state index contributed by atoms with van der Waals surface area (Å²) in [7, 11) is 0. The molecule has 0 aromatic heterocycles. The van der Waals surface area contributed by atoms with Crippen LogP contribution in [0.2, 0.25) is 0 Å². The van der Waals surface area contributed by atoms with Gasteiger partial charge in [0.1, 0.15) is 28.7 Å². The van der Waals surface area contributed by atoms with Crippen molar-refractivity contribution in [2.24, 2.45) is 23.7 Å². The highest BCUT2D eigenvalue weighted by Gasteiger charge is 2.45. The Hall–Kier alpha value is -2.71. The number of rotatable bonds is 6. The smallest absolute Gasteiger partial charge is 0.400 e. The minimum absolute atomic E-state index is 0. The summed E-state index contributed by atoms with van der Waals surface area (Å²) in [5.74, 6) is -7.66. The van der Waals surface area contributed by atoms with E-state index in [0.717, 1.165) is 24.8 Å². The molecule has 3 nitrogen and oxygen atoms in total. The van der Waals surface area contributed by atoms with Crippen molar-refractivity contribution >= 4 is 5.97 Å². The van der Waals surface area contributed by atoms with Crippen molar-refractivity contribution < 1.29 is 43.5 Å². The zero-order chi connectivity index (χ0) is 26.0. The lowest BCUT2D eigenvalue weighted by Gasteiger charge is -2.38. The summed E-state index contributed by atoms with van der Waals surface area (Å²) < 4.78 is 94.5. The lowest BCUT2D eigenvalue weighted by atomic mass is 9.69. The number of alkyl halides is 2. The molecule has 0 N–H and O–H groups in total. The van der Waals surface area contributed by atoms with Gasteiger partial charge in [0.25, 0.3) is 0 Å². The van der Waals surface area contributed by atoms with Crippen molar-refractivity contribution in [2.45, 2.75) is 64.4 Å². The van der Waals surface area contributed by atoms with Crippen molar-refractivity contribution in [2.75, 3.05) is 0 Å². The van der Waals surface area contributed by atoms with Gasteiger partial charge in [0.05, 0.1) is 5.92 Å². The van der Waals surface area contributed by atoms with E-state index < -0.39 is 58.3 Å². The molecule has 2 aliphatic rings. The van der Waals surface area contributed by atoms with E-state index in [1.165, 1.54) is 12.8 Å². The Bertz CT molecular complexity index is 1080. The standard InChI is InChI=1S/C27H28F6O3.2H2/c1-15-2-4-16(5-3-15)17-6-8-18(9-7-17)27(32,33)36-20-13-23(30)25(24(31)14-20)26(34)35-19-10-11-21(28)22(29)12-19;;/h10-18H,2-9H2,1H3;2*1H. The first-order valence-electron chi connectivity index (χ1n) is 12.3. The molecule has 9 heteroatoms. The van der Waals surface area contributed by atoms with E-state index in [1.807, 2.05) is 0 Å². The van der Waals surface area contributed by atoms with Gasteiger partial charge in [-0.15, -0.1) is 0 Å². The topological polar surface area (TPSA) is 35.5 Å². The van der Waals surface area contributed by atoms with Gasteiger partial charge in [-0.3, -0.25) is 0 Å². The van der Waals surface area contributed by atoms with E-state index in [9.17, 15) is 31.1 Å². The number of carbonyl (C=O) groups is 1. The molecular weight excluding hydrogens is 486 g/mol. The van der Waals surface area contributed by atoms with Crippen LogP contribution in [0.3, 0.4) is 0 Å². The molecular formula is C27H32F6O3. The van der Waals surface area contributed by atoms with Crippen LogP contribution < -0.4 is 9.47 Å². The van der Waals surface area contributed by atoms with Crippen LogP contribution in [-0.2, 0) is 0 Å². The number of carbonyl (C=O) groups excluding carboxylic acids is 1. The third kappa shape index (κ3) is 5.98. The van der Waals surface area contributed by atoms with Crippen molar-refractivity contribution in [3.8, 4) is 11.5 Å². The average molecular weight is 519 g/mol. The van der Waals surface area contributed by atoms with Crippen LogP contribution in [0.1, 0.15) is 71.5 Å². The van der Waals surface area contributed by atoms with Crippen LogP contribution >= 0.6 is 0 Å². The highest BCUT2D eigenvalue weighted by Crippen LogP contribution is 2.45. The number of hydrogen-bond donors (Lipinski definition) is 0. The third-order valence-electron chi connectivity index (χ3n) is 7.55. The molecule has 0 bridgehead atoms. The monoisotopic (exact) mass is 518 g/mol. The highest BCUT2D eigenvalue weighted by molar-refractivity contribution is 5.91. The van der Waals surface area contributed by atoms with E-state index in [0.29, 0.717) is 48.9 Å². The molecule has 0 saturated heterocycles. The van der Waals surface area contributed by atoms with Gasteiger partial charge >= 0.3 is 12.1 Å². The van der Waals surface area contributed by atoms with Gasteiger partial charge in [-0.1, -0.05) is 19.8 Å². The fourth-order valence-electron chi connectivity index (χ4n) is 5.43. The van der Waals surface area contributed by atoms with Crippen molar-refractivity contribution in [1.82, 2.24) is 0 Å². The van der Waals surface area contributed by atoms with Gasteiger partial charge in [-0.2, -0.15) is 8.78 Å². The first-order chi connectivity index (χ1) is 17.0. The third-order valence-corrected chi connectivity index (χ3v) is 7.55. The fraction of sp³-hybridized carbons (Fsp3) is 0.519. The zero-order valence-corrected chi connectivity index (χ0v) is 19.8. The van der Waals surface area contributed by atoms with Gasteiger partial charge in [-0.25, -0.2) is 22.4 Å². The molecule has 0 spiro atoms. The number of benzene rings is 2. The van der Waals surface area contributed by atoms with E-state index in [1.54, 1.807) is 0 Å². The molecule has 0 heterocycles. The van der Waals surface area contributed by atoms with Gasteiger partial charge in [-0.05, 0) is 68.4 Å². The van der Waals surface area contributed by atoms with Crippen LogP contribution in [0.25, 0.3) is 0 Å². The molecule has 36 heavy (non-hydrogen) atoms. The summed E-state index contributed by atoms with van der Waals surface area (Å²) in [4.78, 5) is 12.2. The summed E-state index contributed by atoms with van der Waals surface area (Å²) in [5, 5.41) is 0. The molecule has 200 valence electrons. The molecule has 2 aliphatic carbocycles. The SMILES string of the molecule is CC1CCC(C2CCC(C(F)(F)Oc3cc(F)c(C(=O)Oc4ccc(F)c(F)c4)c(F)c3)CC2)CC1.[HH].[HH]. The second-order valence-corrected chi connectivity index (χ2v) is 10.0. The first-order valence-corrected chi connectivity index (χ1v) is 12.3. The van der Waals surface area contributed by atoms with Gasteiger partial charge < -0.3 is 9.47 Å². The second-order valence-electron chi connectivity index (χ2n) is 10.0. The number of halogens is 6. The quantitative estimate of drug-likeness (QED) is 0.218. The summed E-state index contributed by atoms with van der Waals surface area (Å²) in [6, 6.07) is 3.06. The molecule has 0 unspecified atom stereocenters. The van der Waals surface area contributed by atoms with Gasteiger partial charge in [0.15, 0.2) is 11.6 Å². The first kappa shape index (κ1) is 26.4. The summed E-state index contributed by atoms with van der Waals surface area (Å²) >= 11 is 0. The predicted octanol–water partition coefficient (Wildman–Crippen LogP) is 8.56. The number of ether oxygens (including phenoxy) is 2. The number of hydrogen-bond acceptors (Lipinski definition) is 3. The summed E-state index contributed by atoms with van der Waals surface area (Å²) in [6.45, 7) is 2.23. The molecule has 0 atom stereocenters. The largest absolute Gasteiger partial charge is 0.432 e. The van der Waals surface area contributed by atoms with Crippen molar-refractivity contribution in [1.29, 1.82) is 0 Å². The van der Waals surface area contributed by atoms with Gasteiger partial charge in [0.2, 0.25) is 0 Å². The molecule has 2 aromatic rings. The summed E-state index contributed by atoms with van der Waals surface area (Å²) in [6.07, 6.45) is 2.82. The fourth-order valence-corrected chi connectivity index (χ4v) is 5.43. The molecule has 2 saturated carbocycles. The van der Waals surface area contributed by atoms with Crippen LogP contribution in [0.4, 0.5) is 26.3 Å². The number of esters is 1. The van der Waals surface area contributed by atoms with E-state index in [-0.39, 0.29) is 15.7 Å². The van der Waals surface area contributed by atoms with E-state index in [4.69, 9.17) is 4.74 Å². The Morgan fingerprint density at radius 1 is 0.778 bits per heavy atom. The Morgan fingerprint density at radius 3 is 1.86 bits per heavy atom. The molecule has 2 aromatic carbocycles. The lowest BCUT2D eigenvalue weighted by Crippen LogP contribution is -2.38. The minimum Gasteiger partial charge on any atom is -0.432 e. The average Bonchev–Trinajstić information content (AvgIpc) is 2.81. The molecule has 2 fully saturated rings. The maximum Gasteiger partial charge on any atom is 0.400 e. The maximum absolute atomic E-state index is 14.9.